The molecule has 1 aliphatic heterocycles. The number of thioether (sulfide) groups is 1. The lowest BCUT2D eigenvalue weighted by Crippen LogP contribution is -2.40. The number of carbonyl (C=O) groups excluding carboxylic acids is 1. The number of hydrogen-bond donors (Lipinski definition) is 1. The summed E-state index contributed by atoms with van der Waals surface area (Å²) in [5.74, 6) is 0.717. The smallest absolute Gasteiger partial charge is 0.238 e. The number of nitrogens with zero attached hydrogens (tertiary/aromatic N) is 1. The fraction of sp³-hybridized carbons (Fsp3) is 0.278. The highest BCUT2D eigenvalue weighted by atomic mass is 32.2. The number of phenols is 1. The zero-order chi connectivity index (χ0) is 15.9. The van der Waals surface area contributed by atoms with Crippen LogP contribution in [0.1, 0.15) is 23.6 Å². The first kappa shape index (κ1) is 15.0. The van der Waals surface area contributed by atoms with Crippen molar-refractivity contribution in [2.45, 2.75) is 25.6 Å². The molecular weight excluding hydrogens is 294 g/mol. The average molecular weight is 313 g/mol. The Labute approximate surface area is 135 Å². The van der Waals surface area contributed by atoms with Gasteiger partial charge in [-0.25, -0.2) is 0 Å². The van der Waals surface area contributed by atoms with Crippen LogP contribution in [0.25, 0.3) is 0 Å². The van der Waals surface area contributed by atoms with Crippen LogP contribution in [-0.2, 0) is 9.67 Å². The van der Waals surface area contributed by atoms with Gasteiger partial charge in [-0.15, -0.1) is 11.8 Å². The van der Waals surface area contributed by atoms with Gasteiger partial charge in [-0.2, -0.15) is 0 Å². The Morgan fingerprint density at radius 1 is 1.18 bits per heavy atom. The molecular formula is C18H19NO2S. The maximum atomic E-state index is 12.5. The minimum atomic E-state index is -0.598. The Bertz CT molecular complexity index is 744. The van der Waals surface area contributed by atoms with Gasteiger partial charge in [0.1, 0.15) is 10.6 Å². The fourth-order valence-corrected chi connectivity index (χ4v) is 4.15. The molecule has 1 aliphatic rings. The van der Waals surface area contributed by atoms with Crippen LogP contribution in [0.2, 0.25) is 0 Å². The third-order valence-corrected chi connectivity index (χ3v) is 5.52. The third kappa shape index (κ3) is 2.28. The van der Waals surface area contributed by atoms with Crippen LogP contribution in [-0.4, -0.2) is 16.8 Å². The number of benzene rings is 2. The first-order valence-corrected chi connectivity index (χ1v) is 8.25. The summed E-state index contributed by atoms with van der Waals surface area (Å²) in [6, 6.07) is 13.4. The molecule has 3 rings (SSSR count). The normalized spacial score (nSPS) is 21.4. The zero-order valence-corrected chi connectivity index (χ0v) is 13.8. The highest BCUT2D eigenvalue weighted by molar-refractivity contribution is 8.01. The molecule has 0 saturated carbocycles. The summed E-state index contributed by atoms with van der Waals surface area (Å²) in [7, 11) is 0. The molecule has 114 valence electrons. The number of hydrogen-bond acceptors (Lipinski definition) is 3. The van der Waals surface area contributed by atoms with Gasteiger partial charge in [0.2, 0.25) is 5.91 Å². The summed E-state index contributed by atoms with van der Waals surface area (Å²) in [5.41, 5.74) is 3.81. The van der Waals surface area contributed by atoms with Gasteiger partial charge in [0.05, 0.1) is 5.75 Å². The summed E-state index contributed by atoms with van der Waals surface area (Å²) < 4.78 is 0. The number of para-hydroxylation sites is 1. The van der Waals surface area contributed by atoms with Gasteiger partial charge in [-0.3, -0.25) is 9.69 Å². The van der Waals surface area contributed by atoms with Crippen molar-refractivity contribution in [1.82, 2.24) is 0 Å². The van der Waals surface area contributed by atoms with E-state index in [1.807, 2.05) is 62.1 Å². The second-order valence-corrected chi connectivity index (χ2v) is 7.18. The Hall–Kier alpha value is -1.94. The molecule has 22 heavy (non-hydrogen) atoms. The van der Waals surface area contributed by atoms with E-state index in [4.69, 9.17) is 0 Å². The van der Waals surface area contributed by atoms with E-state index >= 15 is 0 Å². The van der Waals surface area contributed by atoms with Gasteiger partial charge in [0.15, 0.2) is 0 Å². The van der Waals surface area contributed by atoms with Crippen molar-refractivity contribution < 1.29 is 9.90 Å². The van der Waals surface area contributed by atoms with Crippen molar-refractivity contribution in [3.8, 4) is 5.75 Å². The molecule has 1 heterocycles. The first-order valence-electron chi connectivity index (χ1n) is 7.26. The van der Waals surface area contributed by atoms with Crippen molar-refractivity contribution in [1.29, 1.82) is 0 Å². The van der Waals surface area contributed by atoms with Crippen LogP contribution in [0, 0.1) is 13.8 Å². The molecule has 2 aromatic carbocycles. The monoisotopic (exact) mass is 313 g/mol. The molecule has 2 aromatic rings. The second kappa shape index (κ2) is 5.36. The van der Waals surface area contributed by atoms with Crippen LogP contribution < -0.4 is 4.90 Å². The Balaban J connectivity index is 2.18. The molecule has 1 fully saturated rings. The number of anilines is 1. The quantitative estimate of drug-likeness (QED) is 0.912. The van der Waals surface area contributed by atoms with Crippen LogP contribution in [0.4, 0.5) is 5.69 Å². The third-order valence-electron chi connectivity index (χ3n) is 4.16. The predicted octanol–water partition coefficient (Wildman–Crippen LogP) is 3.96. The molecule has 3 nitrogen and oxygen atoms in total. The van der Waals surface area contributed by atoms with Gasteiger partial charge < -0.3 is 5.11 Å². The molecule has 1 amide bonds. The molecule has 0 spiro atoms. The van der Waals surface area contributed by atoms with E-state index < -0.39 is 4.87 Å². The van der Waals surface area contributed by atoms with Gasteiger partial charge in [0.25, 0.3) is 0 Å². The second-order valence-electron chi connectivity index (χ2n) is 5.81. The van der Waals surface area contributed by atoms with Gasteiger partial charge in [0, 0.05) is 11.3 Å². The van der Waals surface area contributed by atoms with E-state index in [9.17, 15) is 9.90 Å². The summed E-state index contributed by atoms with van der Waals surface area (Å²) in [5, 5.41) is 10.3. The molecule has 4 heteroatoms. The van der Waals surface area contributed by atoms with Gasteiger partial charge in [-0.1, -0.05) is 29.8 Å². The van der Waals surface area contributed by atoms with E-state index in [2.05, 4.69) is 0 Å². The maximum Gasteiger partial charge on any atom is 0.238 e. The SMILES string of the molecule is Cc1ccc(O)c(C2(C)SCC(=O)N2c2ccccc2C)c1. The molecule has 1 unspecified atom stereocenters. The zero-order valence-electron chi connectivity index (χ0n) is 13.0. The Morgan fingerprint density at radius 2 is 1.91 bits per heavy atom. The standard InChI is InChI=1S/C18H19NO2S/c1-12-8-9-16(20)14(10-12)18(3)19(17(21)11-22-18)15-7-5-4-6-13(15)2/h4-10,20H,11H2,1-3H3. The van der Waals surface area contributed by atoms with Crippen molar-refractivity contribution in [3.05, 3.63) is 59.2 Å². The van der Waals surface area contributed by atoms with Crippen molar-refractivity contribution >= 4 is 23.4 Å². The molecule has 0 bridgehead atoms. The maximum absolute atomic E-state index is 12.5. The lowest BCUT2D eigenvalue weighted by Gasteiger charge is -2.36. The predicted molar refractivity (Wildman–Crippen MR) is 91.3 cm³/mol. The summed E-state index contributed by atoms with van der Waals surface area (Å²) in [6.07, 6.45) is 0. The summed E-state index contributed by atoms with van der Waals surface area (Å²) in [4.78, 5) is 13.8. The average Bonchev–Trinajstić information content (AvgIpc) is 2.79. The first-order chi connectivity index (χ1) is 10.4. The Kier molecular flexibility index (Phi) is 3.65. The topological polar surface area (TPSA) is 40.5 Å². The number of carbonyl (C=O) groups is 1. The number of aromatic hydroxyl groups is 1. The van der Waals surface area contributed by atoms with Gasteiger partial charge in [-0.05, 0) is 44.5 Å². The van der Waals surface area contributed by atoms with Crippen molar-refractivity contribution in [2.24, 2.45) is 0 Å². The lowest BCUT2D eigenvalue weighted by atomic mass is 10.0. The van der Waals surface area contributed by atoms with E-state index in [0.29, 0.717) is 5.75 Å². The highest BCUT2D eigenvalue weighted by Gasteiger charge is 2.46. The number of amides is 1. The molecule has 1 atom stereocenters. The van der Waals surface area contributed by atoms with Crippen LogP contribution in [0.3, 0.4) is 0 Å². The van der Waals surface area contributed by atoms with E-state index in [-0.39, 0.29) is 11.7 Å². The summed E-state index contributed by atoms with van der Waals surface area (Å²) in [6.45, 7) is 6.00. The molecule has 0 aliphatic carbocycles. The van der Waals surface area contributed by atoms with Crippen LogP contribution in [0.5, 0.6) is 5.75 Å². The number of aryl methyl sites for hydroxylation is 2. The summed E-state index contributed by atoms with van der Waals surface area (Å²) >= 11 is 1.56. The lowest BCUT2D eigenvalue weighted by molar-refractivity contribution is -0.116. The number of phenolic OH excluding ortho intramolecular Hbond substituents is 1. The highest BCUT2D eigenvalue weighted by Crippen LogP contribution is 2.50. The van der Waals surface area contributed by atoms with Gasteiger partial charge >= 0.3 is 0 Å². The number of rotatable bonds is 2. The van der Waals surface area contributed by atoms with Crippen LogP contribution >= 0.6 is 11.8 Å². The minimum absolute atomic E-state index is 0.0720. The Morgan fingerprint density at radius 3 is 2.64 bits per heavy atom. The van der Waals surface area contributed by atoms with E-state index in [1.54, 1.807) is 17.8 Å². The van der Waals surface area contributed by atoms with E-state index in [1.165, 1.54) is 0 Å². The minimum Gasteiger partial charge on any atom is -0.508 e. The fourth-order valence-electron chi connectivity index (χ4n) is 2.97. The molecule has 0 radical (unpaired) electrons. The largest absolute Gasteiger partial charge is 0.508 e. The van der Waals surface area contributed by atoms with Crippen molar-refractivity contribution in [2.75, 3.05) is 10.7 Å². The van der Waals surface area contributed by atoms with Crippen molar-refractivity contribution in [3.63, 3.8) is 0 Å². The molecule has 1 N–H and O–H groups in total. The van der Waals surface area contributed by atoms with Crippen LogP contribution in [0.15, 0.2) is 42.5 Å². The molecule has 1 saturated heterocycles. The molecule has 0 aromatic heterocycles. The van der Waals surface area contributed by atoms with E-state index in [0.717, 1.165) is 22.4 Å².